The Kier molecular flexibility index (Phi) is 24.9. The van der Waals surface area contributed by atoms with E-state index in [0.29, 0.717) is 101 Å². The number of benzene rings is 8. The molecule has 8 aromatic carbocycles. The van der Waals surface area contributed by atoms with E-state index in [1.807, 2.05) is 6.07 Å². The first-order chi connectivity index (χ1) is 53.6. The lowest BCUT2D eigenvalue weighted by Crippen LogP contribution is -2.34. The highest BCUT2D eigenvalue weighted by molar-refractivity contribution is 6.22. The van der Waals surface area contributed by atoms with Gasteiger partial charge in [0.15, 0.2) is 34.7 Å². The highest BCUT2D eigenvalue weighted by Gasteiger charge is 2.36. The molecule has 0 bridgehead atoms. The zero-order valence-corrected chi connectivity index (χ0v) is 60.5. The summed E-state index contributed by atoms with van der Waals surface area (Å²) in [5.74, 6) is -1.66. The minimum Gasteiger partial charge on any atom is -0.497 e. The van der Waals surface area contributed by atoms with Gasteiger partial charge in [0.2, 0.25) is 0 Å². The molecule has 2 aliphatic rings. The molecule has 0 unspecified atom stereocenters. The lowest BCUT2D eigenvalue weighted by Gasteiger charge is -2.18. The minimum absolute atomic E-state index is 0.00622. The van der Waals surface area contributed by atoms with Crippen molar-refractivity contribution in [2.45, 2.75) is 53.6 Å². The van der Waals surface area contributed by atoms with Crippen molar-refractivity contribution in [3.63, 3.8) is 0 Å². The van der Waals surface area contributed by atoms with E-state index in [9.17, 15) is 53.1 Å². The number of halogens is 2. The van der Waals surface area contributed by atoms with Gasteiger partial charge in [-0.1, -0.05) is 83.0 Å². The Balaban J connectivity index is 0.000000173. The molecular formula is C82H70F2N10O17. The number of rotatable bonds is 21. The fourth-order valence-electron chi connectivity index (χ4n) is 12.3. The van der Waals surface area contributed by atoms with Crippen molar-refractivity contribution in [2.75, 3.05) is 40.6 Å². The number of imide groups is 2. The molecule has 6 heterocycles. The molecule has 12 aromatic rings. The number of Topliss-reactive ketones (excluding diaryl/α,β-unsaturated/α-hetero) is 2. The van der Waals surface area contributed by atoms with Crippen LogP contribution in [0.25, 0.3) is 33.2 Å². The molecular weight excluding hydrogens is 1430 g/mol. The number of nitrogens with zero attached hydrogens (tertiary/aromatic N) is 9. The van der Waals surface area contributed by atoms with Gasteiger partial charge in [-0.15, -0.1) is 0 Å². The van der Waals surface area contributed by atoms with Gasteiger partial charge >= 0.3 is 12.2 Å². The Morgan fingerprint density at radius 2 is 0.865 bits per heavy atom. The van der Waals surface area contributed by atoms with Gasteiger partial charge in [-0.3, -0.25) is 67.9 Å². The lowest BCUT2D eigenvalue weighted by atomic mass is 10.0. The summed E-state index contributed by atoms with van der Waals surface area (Å²) in [5, 5.41) is 19.0. The van der Waals surface area contributed by atoms with E-state index in [-0.39, 0.29) is 86.7 Å². The second kappa shape index (κ2) is 35.5. The average molecular weight is 1510 g/mol. The standard InChI is InChI=1S/C38H29FN4O6.C30H26FN3O5.C8H5NO2.C6H10N2O4/c1-23-35(32(44)21-24-12-15-34(30(39)20-24)49-33-16-17-40-31-22-26(48-2)13-14-29(31)33)38(47)43(25-8-4-3-5-9-25)42(23)19-18-41-36(45)27-10-6-7-11-28(27)37(41)46;1-19-29(30(37)34(33(19)14-15-35)21-6-4-3-5-7-21)26(36)17-20-8-11-28(24(31)16-20)39-27-12-13-32-25-18-22(38-2)9-10-23(25)27;10-7-5-3-1-2-4-6(5)8(11)9-7;1-3-11-5(9)7-8-6(10)12-4-2/h3-17,20,22H,18-19,21H2,1-2H3;3-13,16,18,35H,14-15,17H2,1-2H3;1-4H,(H,9,10,11);3-4H2,1-2H3. The molecule has 2 N–H and O–H groups in total. The number of ketones is 2. The number of aliphatic hydroxyl groups is 1. The third-order valence-electron chi connectivity index (χ3n) is 17.5. The Morgan fingerprint density at radius 1 is 0.468 bits per heavy atom. The summed E-state index contributed by atoms with van der Waals surface area (Å²) in [6.07, 6.45) is 0.899. The summed E-state index contributed by atoms with van der Waals surface area (Å²) >= 11 is 0. The van der Waals surface area contributed by atoms with Gasteiger partial charge in [0.25, 0.3) is 34.7 Å². The molecule has 0 radical (unpaired) electrons. The number of hydrogen-bond donors (Lipinski definition) is 2. The highest BCUT2D eigenvalue weighted by Crippen LogP contribution is 2.35. The number of ether oxygens (including phenoxy) is 6. The third-order valence-corrected chi connectivity index (χ3v) is 17.5. The summed E-state index contributed by atoms with van der Waals surface area (Å²) < 4.78 is 67.3. The smallest absolute Gasteiger partial charge is 0.452 e. The van der Waals surface area contributed by atoms with E-state index >= 15 is 8.78 Å². The number of hydrogen-bond acceptors (Lipinski definition) is 19. The first kappa shape index (κ1) is 77.9. The van der Waals surface area contributed by atoms with E-state index in [4.69, 9.17) is 18.9 Å². The monoisotopic (exact) mass is 1500 g/mol. The zero-order chi connectivity index (χ0) is 79.0. The van der Waals surface area contributed by atoms with Crippen molar-refractivity contribution in [3.05, 3.63) is 295 Å². The fraction of sp³-hybridized carbons (Fsp3) is 0.171. The minimum atomic E-state index is -0.898. The van der Waals surface area contributed by atoms with Crippen LogP contribution >= 0.6 is 0 Å². The van der Waals surface area contributed by atoms with Crippen LogP contribution in [0.4, 0.5) is 18.4 Å². The number of fused-ring (bicyclic) bond motifs is 4. The van der Waals surface area contributed by atoms with Crippen LogP contribution < -0.4 is 35.4 Å². The van der Waals surface area contributed by atoms with E-state index < -0.39 is 58.3 Å². The van der Waals surface area contributed by atoms with Crippen LogP contribution in [0.1, 0.15) is 98.5 Å². The molecule has 4 aromatic heterocycles. The molecule has 0 spiro atoms. The molecule has 14 rings (SSSR count). The summed E-state index contributed by atoms with van der Waals surface area (Å²) in [6.45, 7) is 6.92. The third kappa shape index (κ3) is 17.6. The molecule has 6 amide bonds. The Bertz CT molecular complexity index is 5650. The predicted molar refractivity (Wildman–Crippen MR) is 401 cm³/mol. The summed E-state index contributed by atoms with van der Waals surface area (Å²) in [4.78, 5) is 133. The maximum Gasteiger partial charge on any atom is 0.452 e. The van der Waals surface area contributed by atoms with Crippen molar-refractivity contribution >= 4 is 69.2 Å². The number of nitrogens with one attached hydrogen (secondary N) is 1. The molecule has 0 saturated heterocycles. The van der Waals surface area contributed by atoms with Crippen molar-refractivity contribution in [3.8, 4) is 45.9 Å². The topological polar surface area (TPSA) is 332 Å². The number of pyridine rings is 2. The highest BCUT2D eigenvalue weighted by atomic mass is 19.1. The molecule has 0 aliphatic carbocycles. The number of amides is 6. The average Bonchev–Trinajstić information content (AvgIpc) is 1.63. The number of aliphatic hydroxyl groups excluding tert-OH is 1. The fourth-order valence-corrected chi connectivity index (χ4v) is 12.3. The van der Waals surface area contributed by atoms with Crippen LogP contribution in [-0.4, -0.2) is 127 Å². The number of azo groups is 1. The van der Waals surface area contributed by atoms with Crippen LogP contribution in [0.3, 0.4) is 0 Å². The van der Waals surface area contributed by atoms with Crippen molar-refractivity contribution in [1.82, 2.24) is 38.9 Å². The first-order valence-corrected chi connectivity index (χ1v) is 34.5. The number of methoxy groups -OCH3 is 2. The largest absolute Gasteiger partial charge is 0.497 e. The van der Waals surface area contributed by atoms with E-state index in [1.165, 1.54) is 33.6 Å². The molecule has 2 aliphatic heterocycles. The van der Waals surface area contributed by atoms with Crippen LogP contribution in [0.15, 0.2) is 226 Å². The molecule has 111 heavy (non-hydrogen) atoms. The van der Waals surface area contributed by atoms with E-state index in [1.54, 1.807) is 227 Å². The van der Waals surface area contributed by atoms with Crippen molar-refractivity contribution in [2.24, 2.45) is 10.2 Å². The number of carbonyl (C=O) groups excluding carboxylic acids is 8. The lowest BCUT2D eigenvalue weighted by molar-refractivity contribution is 0.0644. The van der Waals surface area contributed by atoms with Gasteiger partial charge in [0.1, 0.15) is 34.1 Å². The van der Waals surface area contributed by atoms with E-state index in [0.717, 1.165) is 4.90 Å². The maximum absolute atomic E-state index is 15.4. The molecule has 0 atom stereocenters. The van der Waals surface area contributed by atoms with Gasteiger partial charge in [-0.05, 0) is 148 Å². The summed E-state index contributed by atoms with van der Waals surface area (Å²) in [6, 6.07) is 53.4. The Hall–Kier alpha value is -14.2. The Labute approximate surface area is 631 Å². The number of carbonyl (C=O) groups is 8. The van der Waals surface area contributed by atoms with Gasteiger partial charge < -0.3 is 33.5 Å². The predicted octanol–water partition coefficient (Wildman–Crippen LogP) is 13.3. The maximum atomic E-state index is 15.4. The zero-order valence-electron chi connectivity index (χ0n) is 60.5. The van der Waals surface area contributed by atoms with Gasteiger partial charge in [0.05, 0.1) is 91.8 Å². The van der Waals surface area contributed by atoms with Crippen LogP contribution in [0.2, 0.25) is 0 Å². The van der Waals surface area contributed by atoms with Gasteiger partial charge in [-0.25, -0.2) is 27.7 Å². The SMILES string of the molecule is CCOC(=O)N=NC(=O)OCC.COc1ccc2c(Oc3ccc(CC(=O)c4c(C)n(CCN5C(=O)c6ccccc6C5=O)n(-c5ccccc5)c4=O)cc3F)ccnc2c1.COc1ccc2c(Oc3ccc(CC(=O)c4c(C)n(CCO)n(-c5ccccc5)c4=O)cc3F)ccnc2c1.O=C1NC(=O)c2ccccc21. The molecule has 29 heteroatoms. The molecule has 0 saturated carbocycles. The first-order valence-electron chi connectivity index (χ1n) is 34.5. The second-order valence-corrected chi connectivity index (χ2v) is 24.3. The van der Waals surface area contributed by atoms with Crippen LogP contribution in [0, 0.1) is 25.5 Å². The quantitative estimate of drug-likeness (QED) is 0.0383. The van der Waals surface area contributed by atoms with Gasteiger partial charge in [-0.2, -0.15) is 0 Å². The Morgan fingerprint density at radius 3 is 1.25 bits per heavy atom. The van der Waals surface area contributed by atoms with Crippen molar-refractivity contribution < 1.29 is 80.7 Å². The molecule has 564 valence electrons. The summed E-state index contributed by atoms with van der Waals surface area (Å²) in [5.41, 5.74) is 4.37. The van der Waals surface area contributed by atoms with Crippen LogP contribution in [0.5, 0.6) is 34.5 Å². The van der Waals surface area contributed by atoms with E-state index in [2.05, 4.69) is 35.0 Å². The second-order valence-electron chi connectivity index (χ2n) is 24.3. The number of para-hydroxylation sites is 2. The molecule has 0 fully saturated rings. The summed E-state index contributed by atoms with van der Waals surface area (Å²) in [7, 11) is 3.12. The van der Waals surface area contributed by atoms with Crippen molar-refractivity contribution in [1.29, 1.82) is 0 Å². The molecule has 27 nitrogen and oxygen atoms in total. The van der Waals surface area contributed by atoms with Gasteiger partial charge in [0, 0.05) is 66.1 Å². The van der Waals surface area contributed by atoms with Crippen LogP contribution in [-0.2, 0) is 35.4 Å². The normalized spacial score (nSPS) is 11.9. The number of aromatic nitrogens is 6.